The van der Waals surface area contributed by atoms with Crippen LogP contribution in [0.4, 0.5) is 4.39 Å². The van der Waals surface area contributed by atoms with Gasteiger partial charge in [0.2, 0.25) is 10.0 Å². The van der Waals surface area contributed by atoms with E-state index in [1.54, 1.807) is 6.07 Å². The minimum atomic E-state index is -3.81. The molecule has 2 aromatic rings. The van der Waals surface area contributed by atoms with Crippen LogP contribution in [0.1, 0.15) is 5.56 Å². The van der Waals surface area contributed by atoms with Crippen LogP contribution in [0.2, 0.25) is 10.0 Å². The van der Waals surface area contributed by atoms with Crippen molar-refractivity contribution in [3.63, 3.8) is 0 Å². The van der Waals surface area contributed by atoms with Crippen molar-refractivity contribution >= 4 is 33.2 Å². The molecule has 7 heteroatoms. The predicted octanol–water partition coefficient (Wildman–Crippen LogP) is 3.61. The third-order valence-electron chi connectivity index (χ3n) is 2.56. The second kappa shape index (κ2) is 6.10. The summed E-state index contributed by atoms with van der Waals surface area (Å²) in [5.41, 5.74) is 0.254. The Kier molecular flexibility index (Phi) is 4.65. The summed E-state index contributed by atoms with van der Waals surface area (Å²) in [4.78, 5) is -0.0636. The van der Waals surface area contributed by atoms with Crippen LogP contribution < -0.4 is 4.72 Å². The molecule has 0 atom stereocenters. The molecule has 0 spiro atoms. The maximum Gasteiger partial charge on any atom is 0.240 e. The van der Waals surface area contributed by atoms with Crippen molar-refractivity contribution in [2.45, 2.75) is 11.4 Å². The topological polar surface area (TPSA) is 46.2 Å². The van der Waals surface area contributed by atoms with Gasteiger partial charge in [0.25, 0.3) is 0 Å². The molecular weight excluding hydrogens is 324 g/mol. The average Bonchev–Trinajstić information content (AvgIpc) is 2.37. The van der Waals surface area contributed by atoms with Gasteiger partial charge in [-0.2, -0.15) is 0 Å². The molecule has 0 bridgehead atoms. The standard InChI is InChI=1S/C13H10Cl2FNO2S/c14-10-5-11(15)7-12(6-10)20(18,19)17-8-9-3-1-2-4-13(9)16/h1-7,17H,8H2. The molecule has 0 fully saturated rings. The minimum Gasteiger partial charge on any atom is -0.207 e. The predicted molar refractivity (Wildman–Crippen MR) is 76.9 cm³/mol. The number of hydrogen-bond donors (Lipinski definition) is 1. The smallest absolute Gasteiger partial charge is 0.207 e. The van der Waals surface area contributed by atoms with Crippen LogP contribution in [0.3, 0.4) is 0 Å². The Morgan fingerprint density at radius 2 is 1.65 bits per heavy atom. The largest absolute Gasteiger partial charge is 0.240 e. The molecule has 0 saturated heterocycles. The van der Waals surface area contributed by atoms with Gasteiger partial charge >= 0.3 is 0 Å². The van der Waals surface area contributed by atoms with E-state index in [1.165, 1.54) is 36.4 Å². The van der Waals surface area contributed by atoms with Crippen LogP contribution in [0.25, 0.3) is 0 Å². The third kappa shape index (κ3) is 3.70. The Labute approximate surface area is 126 Å². The number of nitrogens with one attached hydrogen (secondary N) is 1. The number of benzene rings is 2. The first-order valence-corrected chi connectivity index (χ1v) is 7.81. The summed E-state index contributed by atoms with van der Waals surface area (Å²) in [6.07, 6.45) is 0. The van der Waals surface area contributed by atoms with Crippen LogP contribution >= 0.6 is 23.2 Å². The van der Waals surface area contributed by atoms with E-state index in [0.717, 1.165) is 0 Å². The highest BCUT2D eigenvalue weighted by Gasteiger charge is 2.16. The first-order valence-electron chi connectivity index (χ1n) is 5.58. The van der Waals surface area contributed by atoms with Crippen molar-refractivity contribution < 1.29 is 12.8 Å². The summed E-state index contributed by atoms with van der Waals surface area (Å²) >= 11 is 11.5. The minimum absolute atomic E-state index is 0.0636. The SMILES string of the molecule is O=S(=O)(NCc1ccccc1F)c1cc(Cl)cc(Cl)c1. The van der Waals surface area contributed by atoms with Gasteiger partial charge in [-0.25, -0.2) is 17.5 Å². The van der Waals surface area contributed by atoms with E-state index in [-0.39, 0.29) is 27.0 Å². The highest BCUT2D eigenvalue weighted by atomic mass is 35.5. The van der Waals surface area contributed by atoms with Gasteiger partial charge in [0.05, 0.1) is 4.90 Å². The third-order valence-corrected chi connectivity index (χ3v) is 4.37. The molecule has 0 aromatic heterocycles. The first-order chi connectivity index (χ1) is 9.38. The van der Waals surface area contributed by atoms with Gasteiger partial charge in [-0.15, -0.1) is 0 Å². The van der Waals surface area contributed by atoms with Crippen LogP contribution in [-0.2, 0) is 16.6 Å². The Morgan fingerprint density at radius 3 is 2.25 bits per heavy atom. The van der Waals surface area contributed by atoms with Gasteiger partial charge in [-0.05, 0) is 24.3 Å². The summed E-state index contributed by atoms with van der Waals surface area (Å²) in [5, 5.41) is 0.424. The lowest BCUT2D eigenvalue weighted by Gasteiger charge is -2.08. The van der Waals surface area contributed by atoms with E-state index in [2.05, 4.69) is 4.72 Å². The van der Waals surface area contributed by atoms with Crippen LogP contribution in [0.15, 0.2) is 47.4 Å². The molecule has 0 radical (unpaired) electrons. The lowest BCUT2D eigenvalue weighted by molar-refractivity contribution is 0.574. The quantitative estimate of drug-likeness (QED) is 0.928. The number of halogens is 3. The molecule has 0 aliphatic carbocycles. The van der Waals surface area contributed by atoms with E-state index in [9.17, 15) is 12.8 Å². The summed E-state index contributed by atoms with van der Waals surface area (Å²) in [5.74, 6) is -0.473. The molecule has 2 rings (SSSR count). The van der Waals surface area contributed by atoms with E-state index in [4.69, 9.17) is 23.2 Å². The number of rotatable bonds is 4. The molecule has 20 heavy (non-hydrogen) atoms. The van der Waals surface area contributed by atoms with Crippen molar-refractivity contribution in [3.05, 3.63) is 63.9 Å². The molecule has 0 aliphatic rings. The summed E-state index contributed by atoms with van der Waals surface area (Å²) in [6, 6.07) is 9.91. The number of hydrogen-bond acceptors (Lipinski definition) is 2. The van der Waals surface area contributed by atoms with Gasteiger partial charge < -0.3 is 0 Å². The molecule has 0 saturated carbocycles. The van der Waals surface area contributed by atoms with Crippen LogP contribution in [0.5, 0.6) is 0 Å². The fourth-order valence-corrected chi connectivity index (χ4v) is 3.31. The molecule has 2 aromatic carbocycles. The Morgan fingerprint density at radius 1 is 1.05 bits per heavy atom. The van der Waals surface area contributed by atoms with Gasteiger partial charge in [0.15, 0.2) is 0 Å². The van der Waals surface area contributed by atoms with Crippen molar-refractivity contribution in [3.8, 4) is 0 Å². The van der Waals surface area contributed by atoms with E-state index >= 15 is 0 Å². The zero-order valence-corrected chi connectivity index (χ0v) is 12.4. The fourth-order valence-electron chi connectivity index (χ4n) is 1.58. The zero-order valence-electron chi connectivity index (χ0n) is 10.1. The molecule has 0 aliphatic heterocycles. The van der Waals surface area contributed by atoms with Crippen molar-refractivity contribution in [1.82, 2.24) is 4.72 Å². The fraction of sp³-hybridized carbons (Fsp3) is 0.0769. The van der Waals surface area contributed by atoms with Crippen LogP contribution in [0, 0.1) is 5.82 Å². The Hall–Kier alpha value is -1.14. The van der Waals surface area contributed by atoms with Crippen molar-refractivity contribution in [2.75, 3.05) is 0 Å². The van der Waals surface area contributed by atoms with Gasteiger partial charge in [-0.3, -0.25) is 0 Å². The summed E-state index contributed by atoms with van der Waals surface area (Å²) < 4.78 is 39.9. The van der Waals surface area contributed by atoms with Crippen molar-refractivity contribution in [1.29, 1.82) is 0 Å². The van der Waals surface area contributed by atoms with Gasteiger partial charge in [0.1, 0.15) is 5.82 Å². The molecule has 0 unspecified atom stereocenters. The highest BCUT2D eigenvalue weighted by molar-refractivity contribution is 7.89. The zero-order chi connectivity index (χ0) is 14.8. The Bertz CT molecular complexity index is 715. The molecule has 0 heterocycles. The average molecular weight is 334 g/mol. The lowest BCUT2D eigenvalue weighted by atomic mass is 10.2. The molecule has 3 nitrogen and oxygen atoms in total. The molecule has 106 valence electrons. The van der Waals surface area contributed by atoms with Gasteiger partial charge in [0, 0.05) is 22.2 Å². The highest BCUT2D eigenvalue weighted by Crippen LogP contribution is 2.22. The molecule has 0 amide bonds. The lowest BCUT2D eigenvalue weighted by Crippen LogP contribution is -2.23. The summed E-state index contributed by atoms with van der Waals surface area (Å²) in [6.45, 7) is -0.154. The molecular formula is C13H10Cl2FNO2S. The summed E-state index contributed by atoms with van der Waals surface area (Å²) in [7, 11) is -3.81. The van der Waals surface area contributed by atoms with E-state index < -0.39 is 15.8 Å². The van der Waals surface area contributed by atoms with Crippen LogP contribution in [-0.4, -0.2) is 8.42 Å². The second-order valence-corrected chi connectivity index (χ2v) is 6.66. The first kappa shape index (κ1) is 15.3. The maximum absolute atomic E-state index is 13.4. The second-order valence-electron chi connectivity index (χ2n) is 4.02. The Balaban J connectivity index is 2.22. The molecule has 1 N–H and O–H groups in total. The normalized spacial score (nSPS) is 11.6. The van der Waals surface area contributed by atoms with E-state index in [0.29, 0.717) is 0 Å². The van der Waals surface area contributed by atoms with Crippen molar-refractivity contribution in [2.24, 2.45) is 0 Å². The van der Waals surface area contributed by atoms with E-state index in [1.807, 2.05) is 0 Å². The number of sulfonamides is 1. The van der Waals surface area contributed by atoms with Gasteiger partial charge in [-0.1, -0.05) is 41.4 Å². The maximum atomic E-state index is 13.4. The monoisotopic (exact) mass is 333 g/mol.